The van der Waals surface area contributed by atoms with E-state index < -0.39 is 0 Å². The average Bonchev–Trinajstić information content (AvgIpc) is 3.22. The normalized spacial score (nSPS) is 16.4. The van der Waals surface area contributed by atoms with Gasteiger partial charge in [0.05, 0.1) is 12.6 Å². The van der Waals surface area contributed by atoms with Crippen molar-refractivity contribution in [1.82, 2.24) is 15.2 Å². The molecule has 1 aliphatic heterocycles. The standard InChI is InChI=1S/C21H29N3O3S/c1-2-15-6-7-19-16(11-15)12-17(20(26)23-19)14-24(8-4-9-25)21(28)22-13-18-5-3-10-27-18/h6-7,11-12,18,25H,2-5,8-10,13-14H2,1H3,(H,22,28)(H,23,26). The van der Waals surface area contributed by atoms with E-state index in [1.165, 1.54) is 5.56 Å². The molecular weight excluding hydrogens is 374 g/mol. The van der Waals surface area contributed by atoms with Gasteiger partial charge in [-0.3, -0.25) is 4.79 Å². The number of fused-ring (bicyclic) bond motifs is 1. The van der Waals surface area contributed by atoms with Crippen LogP contribution in [0.25, 0.3) is 10.9 Å². The second-order valence-corrected chi connectivity index (χ2v) is 7.61. The minimum absolute atomic E-state index is 0.0821. The average molecular weight is 404 g/mol. The predicted molar refractivity (Wildman–Crippen MR) is 116 cm³/mol. The number of hydrogen-bond donors (Lipinski definition) is 3. The number of aryl methyl sites for hydroxylation is 1. The summed E-state index contributed by atoms with van der Waals surface area (Å²) in [7, 11) is 0. The summed E-state index contributed by atoms with van der Waals surface area (Å²) in [5.74, 6) is 0. The number of rotatable bonds is 8. The molecule has 1 saturated heterocycles. The third-order valence-electron chi connectivity index (χ3n) is 5.13. The summed E-state index contributed by atoms with van der Waals surface area (Å²) in [4.78, 5) is 17.5. The number of aliphatic hydroxyl groups excluding tert-OH is 1. The molecule has 1 aromatic heterocycles. The summed E-state index contributed by atoms with van der Waals surface area (Å²) in [5.41, 5.74) is 2.64. The highest BCUT2D eigenvalue weighted by molar-refractivity contribution is 7.80. The van der Waals surface area contributed by atoms with Crippen molar-refractivity contribution in [3.8, 4) is 0 Å². The van der Waals surface area contributed by atoms with Gasteiger partial charge < -0.3 is 25.0 Å². The first-order valence-electron chi connectivity index (χ1n) is 10.0. The van der Waals surface area contributed by atoms with E-state index >= 15 is 0 Å². The van der Waals surface area contributed by atoms with Crippen LogP contribution in [-0.4, -0.2) is 52.5 Å². The molecule has 3 N–H and O–H groups in total. The zero-order valence-corrected chi connectivity index (χ0v) is 17.2. The molecule has 1 aliphatic rings. The Morgan fingerprint density at radius 1 is 1.43 bits per heavy atom. The van der Waals surface area contributed by atoms with E-state index in [0.717, 1.165) is 36.8 Å². The van der Waals surface area contributed by atoms with Crippen LogP contribution in [0.1, 0.15) is 37.3 Å². The minimum atomic E-state index is -0.104. The van der Waals surface area contributed by atoms with Crippen LogP contribution in [0, 0.1) is 0 Å². The Balaban J connectivity index is 1.75. The van der Waals surface area contributed by atoms with Crippen molar-refractivity contribution < 1.29 is 9.84 Å². The molecule has 0 spiro atoms. The van der Waals surface area contributed by atoms with Crippen LogP contribution >= 0.6 is 12.2 Å². The fourth-order valence-corrected chi connectivity index (χ4v) is 3.72. The molecule has 7 heteroatoms. The molecule has 1 atom stereocenters. The molecule has 1 aromatic carbocycles. The van der Waals surface area contributed by atoms with Crippen molar-refractivity contribution in [1.29, 1.82) is 0 Å². The third-order valence-corrected chi connectivity index (χ3v) is 5.54. The van der Waals surface area contributed by atoms with Gasteiger partial charge in [0.15, 0.2) is 5.11 Å². The summed E-state index contributed by atoms with van der Waals surface area (Å²) in [6.07, 6.45) is 3.85. The molecule has 1 fully saturated rings. The van der Waals surface area contributed by atoms with Crippen LogP contribution in [0.2, 0.25) is 0 Å². The maximum Gasteiger partial charge on any atom is 0.253 e. The largest absolute Gasteiger partial charge is 0.396 e. The van der Waals surface area contributed by atoms with Crippen LogP contribution in [0.15, 0.2) is 29.1 Å². The van der Waals surface area contributed by atoms with Gasteiger partial charge in [-0.05, 0) is 67.0 Å². The number of nitrogens with one attached hydrogen (secondary N) is 2. The number of aromatic amines is 1. The van der Waals surface area contributed by atoms with Gasteiger partial charge in [0.25, 0.3) is 5.56 Å². The lowest BCUT2D eigenvalue weighted by Gasteiger charge is -2.26. The van der Waals surface area contributed by atoms with E-state index in [1.807, 2.05) is 23.1 Å². The molecule has 6 nitrogen and oxygen atoms in total. The SMILES string of the molecule is CCc1ccc2[nH]c(=O)c(CN(CCCO)C(=S)NCC3CCCO3)cc2c1. The number of benzene rings is 1. The van der Waals surface area contributed by atoms with Gasteiger partial charge in [-0.25, -0.2) is 0 Å². The number of H-pyrrole nitrogens is 1. The molecule has 0 bridgehead atoms. The summed E-state index contributed by atoms with van der Waals surface area (Å²) in [5, 5.41) is 14.1. The van der Waals surface area contributed by atoms with Crippen molar-refractivity contribution in [2.75, 3.05) is 26.3 Å². The molecule has 3 rings (SSSR count). The highest BCUT2D eigenvalue weighted by Crippen LogP contribution is 2.16. The second kappa shape index (κ2) is 10.0. The Morgan fingerprint density at radius 3 is 3.00 bits per heavy atom. The minimum Gasteiger partial charge on any atom is -0.396 e. The first kappa shape index (κ1) is 20.8. The molecule has 2 heterocycles. The predicted octanol–water partition coefficient (Wildman–Crippen LogP) is 2.33. The van der Waals surface area contributed by atoms with E-state index in [1.54, 1.807) is 0 Å². The summed E-state index contributed by atoms with van der Waals surface area (Å²) < 4.78 is 5.64. The van der Waals surface area contributed by atoms with Crippen LogP contribution in [-0.2, 0) is 17.7 Å². The Labute approximate surface area is 170 Å². The van der Waals surface area contributed by atoms with Crippen LogP contribution in [0.5, 0.6) is 0 Å². The molecule has 0 radical (unpaired) electrons. The zero-order chi connectivity index (χ0) is 19.9. The lowest BCUT2D eigenvalue weighted by molar-refractivity contribution is 0.113. The smallest absolute Gasteiger partial charge is 0.253 e. The third kappa shape index (κ3) is 5.31. The van der Waals surface area contributed by atoms with Gasteiger partial charge in [0.2, 0.25) is 0 Å². The molecule has 152 valence electrons. The van der Waals surface area contributed by atoms with E-state index in [4.69, 9.17) is 17.0 Å². The molecule has 28 heavy (non-hydrogen) atoms. The molecule has 0 saturated carbocycles. The summed E-state index contributed by atoms with van der Waals surface area (Å²) in [6, 6.07) is 8.05. The number of aliphatic hydroxyl groups is 1. The molecule has 2 aromatic rings. The Kier molecular flexibility index (Phi) is 7.42. The van der Waals surface area contributed by atoms with E-state index in [9.17, 15) is 9.90 Å². The number of aromatic nitrogens is 1. The highest BCUT2D eigenvalue weighted by atomic mass is 32.1. The second-order valence-electron chi connectivity index (χ2n) is 7.22. The lowest BCUT2D eigenvalue weighted by Crippen LogP contribution is -2.43. The zero-order valence-electron chi connectivity index (χ0n) is 16.4. The van der Waals surface area contributed by atoms with E-state index in [0.29, 0.717) is 36.7 Å². The summed E-state index contributed by atoms with van der Waals surface area (Å²) >= 11 is 5.57. The number of thiocarbonyl (C=S) groups is 1. The maximum absolute atomic E-state index is 12.6. The lowest BCUT2D eigenvalue weighted by atomic mass is 10.1. The van der Waals surface area contributed by atoms with E-state index in [2.05, 4.69) is 23.3 Å². The monoisotopic (exact) mass is 403 g/mol. The molecule has 1 unspecified atom stereocenters. The maximum atomic E-state index is 12.6. The van der Waals surface area contributed by atoms with Crippen molar-refractivity contribution in [3.63, 3.8) is 0 Å². The molecule has 0 aliphatic carbocycles. The van der Waals surface area contributed by atoms with E-state index in [-0.39, 0.29) is 18.3 Å². The van der Waals surface area contributed by atoms with Gasteiger partial charge in [0.1, 0.15) is 0 Å². The fraction of sp³-hybridized carbons (Fsp3) is 0.524. The van der Waals surface area contributed by atoms with Gasteiger partial charge in [-0.2, -0.15) is 0 Å². The fourth-order valence-electron chi connectivity index (χ4n) is 3.48. The number of nitrogens with zero attached hydrogens (tertiary/aromatic N) is 1. The number of hydrogen-bond acceptors (Lipinski definition) is 4. The Bertz CT molecular complexity index is 862. The number of ether oxygens (including phenoxy) is 1. The van der Waals surface area contributed by atoms with Gasteiger partial charge in [-0.1, -0.05) is 13.0 Å². The van der Waals surface area contributed by atoms with Gasteiger partial charge in [0, 0.05) is 37.4 Å². The van der Waals surface area contributed by atoms with Crippen molar-refractivity contribution >= 4 is 28.2 Å². The number of pyridine rings is 1. The van der Waals surface area contributed by atoms with Crippen LogP contribution in [0.3, 0.4) is 0 Å². The Hall–Kier alpha value is -1.96. The van der Waals surface area contributed by atoms with Crippen molar-refractivity contribution in [3.05, 3.63) is 45.7 Å². The quantitative estimate of drug-likeness (QED) is 0.587. The highest BCUT2D eigenvalue weighted by Gasteiger charge is 2.18. The topological polar surface area (TPSA) is 77.6 Å². The first-order valence-corrected chi connectivity index (χ1v) is 10.4. The van der Waals surface area contributed by atoms with Crippen LogP contribution in [0.4, 0.5) is 0 Å². The summed E-state index contributed by atoms with van der Waals surface area (Å²) in [6.45, 7) is 4.66. The van der Waals surface area contributed by atoms with Crippen molar-refractivity contribution in [2.24, 2.45) is 0 Å². The van der Waals surface area contributed by atoms with Gasteiger partial charge in [-0.15, -0.1) is 0 Å². The van der Waals surface area contributed by atoms with Gasteiger partial charge >= 0.3 is 0 Å². The van der Waals surface area contributed by atoms with Crippen molar-refractivity contribution in [2.45, 2.75) is 45.3 Å². The van der Waals surface area contributed by atoms with Crippen LogP contribution < -0.4 is 10.9 Å². The molecular formula is C21H29N3O3S. The Morgan fingerprint density at radius 2 is 2.29 bits per heavy atom. The molecule has 0 amide bonds. The first-order chi connectivity index (χ1) is 13.6.